The van der Waals surface area contributed by atoms with E-state index in [9.17, 15) is 4.79 Å². The Morgan fingerprint density at radius 1 is 1.00 bits per heavy atom. The predicted octanol–water partition coefficient (Wildman–Crippen LogP) is 5.93. The second-order valence-corrected chi connectivity index (χ2v) is 7.74. The predicted molar refractivity (Wildman–Crippen MR) is 107 cm³/mol. The molecule has 0 atom stereocenters. The molecule has 0 amide bonds. The highest BCUT2D eigenvalue weighted by Crippen LogP contribution is 2.27. The smallest absolute Gasteiger partial charge is 0.173 e. The molecule has 134 valence electrons. The zero-order valence-electron chi connectivity index (χ0n) is 14.3. The molecule has 0 saturated carbocycles. The number of halogens is 1. The van der Waals surface area contributed by atoms with Crippen molar-refractivity contribution in [3.63, 3.8) is 0 Å². The Kier molecular flexibility index (Phi) is 5.14. The van der Waals surface area contributed by atoms with Gasteiger partial charge in [-0.25, -0.2) is 0 Å². The summed E-state index contributed by atoms with van der Waals surface area (Å²) >= 11 is 7.18. The van der Waals surface area contributed by atoms with E-state index in [2.05, 4.69) is 16.2 Å². The van der Waals surface area contributed by atoms with Crippen molar-refractivity contribution in [1.29, 1.82) is 0 Å². The van der Waals surface area contributed by atoms with Crippen molar-refractivity contribution in [2.75, 3.05) is 0 Å². The maximum absolute atomic E-state index is 12.2. The van der Waals surface area contributed by atoms with Gasteiger partial charge in [-0.15, -0.1) is 11.3 Å². The van der Waals surface area contributed by atoms with Gasteiger partial charge in [-0.1, -0.05) is 35.0 Å². The zero-order chi connectivity index (χ0) is 18.6. The molecule has 3 aromatic heterocycles. The summed E-state index contributed by atoms with van der Waals surface area (Å²) in [5.74, 6) is 0.750. The Balaban J connectivity index is 1.47. The molecule has 0 aliphatic rings. The van der Waals surface area contributed by atoms with Crippen LogP contribution >= 0.6 is 22.9 Å². The van der Waals surface area contributed by atoms with E-state index in [1.54, 1.807) is 24.5 Å². The number of thiophene rings is 1. The third kappa shape index (κ3) is 4.15. The monoisotopic (exact) mass is 394 g/mol. The number of hydrogen-bond acceptors (Lipinski definition) is 5. The van der Waals surface area contributed by atoms with Crippen LogP contribution in [0, 0.1) is 0 Å². The molecule has 0 aliphatic carbocycles. The van der Waals surface area contributed by atoms with Crippen LogP contribution in [0.3, 0.4) is 0 Å². The van der Waals surface area contributed by atoms with E-state index in [0.717, 1.165) is 22.4 Å². The van der Waals surface area contributed by atoms with Crippen LogP contribution in [-0.2, 0) is 6.42 Å². The summed E-state index contributed by atoms with van der Waals surface area (Å²) in [6.45, 7) is 0. The van der Waals surface area contributed by atoms with Crippen molar-refractivity contribution in [1.82, 2.24) is 10.1 Å². The minimum atomic E-state index is 0.0598. The lowest BCUT2D eigenvalue weighted by Gasteiger charge is -2.02. The Morgan fingerprint density at radius 2 is 1.81 bits per heavy atom. The molecule has 0 saturated heterocycles. The third-order valence-corrected chi connectivity index (χ3v) is 5.45. The van der Waals surface area contributed by atoms with Gasteiger partial charge in [0.15, 0.2) is 5.78 Å². The number of carbonyl (C=O) groups excluding carboxylic acids is 1. The van der Waals surface area contributed by atoms with Crippen LogP contribution in [0.25, 0.3) is 22.4 Å². The standard InChI is InChI=1S/C21H15ClN2O2S/c22-21-7-6-20(27-21)19(25)5-4-17-13-18(24-26-17)16-3-1-2-15(12-16)14-8-10-23-11-9-14/h1-3,6-13H,4-5H2. The molecule has 0 aliphatic heterocycles. The van der Waals surface area contributed by atoms with E-state index in [1.165, 1.54) is 11.3 Å². The minimum absolute atomic E-state index is 0.0598. The molecular weight excluding hydrogens is 380 g/mol. The van der Waals surface area contributed by atoms with Gasteiger partial charge in [0.2, 0.25) is 0 Å². The summed E-state index contributed by atoms with van der Waals surface area (Å²) in [5.41, 5.74) is 3.91. The highest BCUT2D eigenvalue weighted by atomic mass is 35.5. The number of aryl methyl sites for hydroxylation is 1. The lowest BCUT2D eigenvalue weighted by molar-refractivity contribution is 0.0984. The molecule has 4 rings (SSSR count). The first-order valence-corrected chi connectivity index (χ1v) is 9.63. The van der Waals surface area contributed by atoms with Gasteiger partial charge in [0.1, 0.15) is 11.5 Å². The van der Waals surface area contributed by atoms with E-state index >= 15 is 0 Å². The largest absolute Gasteiger partial charge is 0.361 e. The van der Waals surface area contributed by atoms with Crippen LogP contribution in [0.5, 0.6) is 0 Å². The van der Waals surface area contributed by atoms with Crippen LogP contribution in [0.2, 0.25) is 4.34 Å². The number of aromatic nitrogens is 2. The first-order valence-electron chi connectivity index (χ1n) is 8.44. The van der Waals surface area contributed by atoms with Gasteiger partial charge in [-0.3, -0.25) is 9.78 Å². The highest BCUT2D eigenvalue weighted by Gasteiger charge is 2.12. The molecule has 0 N–H and O–H groups in total. The number of hydrogen-bond donors (Lipinski definition) is 0. The van der Waals surface area contributed by atoms with Gasteiger partial charge in [0.25, 0.3) is 0 Å². The lowest BCUT2D eigenvalue weighted by atomic mass is 10.0. The van der Waals surface area contributed by atoms with Gasteiger partial charge in [-0.2, -0.15) is 0 Å². The van der Waals surface area contributed by atoms with Crippen LogP contribution in [0.15, 0.2) is 71.5 Å². The fourth-order valence-electron chi connectivity index (χ4n) is 2.79. The molecule has 0 radical (unpaired) electrons. The number of benzene rings is 1. The Bertz CT molecular complexity index is 1070. The molecule has 0 spiro atoms. The summed E-state index contributed by atoms with van der Waals surface area (Å²) in [7, 11) is 0. The summed E-state index contributed by atoms with van der Waals surface area (Å²) in [4.78, 5) is 16.9. The molecule has 0 unspecified atom stereocenters. The van der Waals surface area contributed by atoms with Crippen LogP contribution in [0.1, 0.15) is 21.9 Å². The quantitative estimate of drug-likeness (QED) is 0.380. The van der Waals surface area contributed by atoms with E-state index in [1.807, 2.05) is 36.4 Å². The molecule has 1 aromatic carbocycles. The van der Waals surface area contributed by atoms with Crippen molar-refractivity contribution in [2.24, 2.45) is 0 Å². The fourth-order valence-corrected chi connectivity index (χ4v) is 3.80. The Hall–Kier alpha value is -2.76. The van der Waals surface area contributed by atoms with Crippen molar-refractivity contribution in [3.8, 4) is 22.4 Å². The van der Waals surface area contributed by atoms with E-state index < -0.39 is 0 Å². The molecular formula is C21H15ClN2O2S. The van der Waals surface area contributed by atoms with Crippen molar-refractivity contribution >= 4 is 28.7 Å². The second kappa shape index (κ2) is 7.86. The molecule has 6 heteroatoms. The summed E-state index contributed by atoms with van der Waals surface area (Å²) in [6, 6.07) is 17.4. The number of rotatable bonds is 6. The van der Waals surface area contributed by atoms with E-state index in [4.69, 9.17) is 16.1 Å². The summed E-state index contributed by atoms with van der Waals surface area (Å²) in [6.07, 6.45) is 4.41. The molecule has 0 bridgehead atoms. The Morgan fingerprint density at radius 3 is 2.59 bits per heavy atom. The third-order valence-electron chi connectivity index (χ3n) is 4.18. The van der Waals surface area contributed by atoms with Crippen molar-refractivity contribution in [3.05, 3.63) is 82.0 Å². The molecule has 3 heterocycles. The SMILES string of the molecule is O=C(CCc1cc(-c2cccc(-c3ccncc3)c2)no1)c1ccc(Cl)s1. The minimum Gasteiger partial charge on any atom is -0.361 e. The number of pyridine rings is 1. The average Bonchev–Trinajstić information content (AvgIpc) is 3.36. The lowest BCUT2D eigenvalue weighted by Crippen LogP contribution is -1.97. The first-order chi connectivity index (χ1) is 13.2. The fraction of sp³-hybridized carbons (Fsp3) is 0.0952. The van der Waals surface area contributed by atoms with Gasteiger partial charge < -0.3 is 4.52 Å². The van der Waals surface area contributed by atoms with E-state index in [-0.39, 0.29) is 5.78 Å². The van der Waals surface area contributed by atoms with E-state index in [0.29, 0.717) is 27.8 Å². The normalized spacial score (nSPS) is 10.9. The number of Topliss-reactive ketones (excluding diaryl/α,β-unsaturated/α-hetero) is 1. The maximum atomic E-state index is 12.2. The highest BCUT2D eigenvalue weighted by molar-refractivity contribution is 7.18. The van der Waals surface area contributed by atoms with Gasteiger partial charge in [-0.05, 0) is 41.5 Å². The maximum Gasteiger partial charge on any atom is 0.173 e. The molecule has 4 nitrogen and oxygen atoms in total. The zero-order valence-corrected chi connectivity index (χ0v) is 15.8. The van der Waals surface area contributed by atoms with Crippen LogP contribution < -0.4 is 0 Å². The topological polar surface area (TPSA) is 56.0 Å². The first kappa shape index (κ1) is 17.6. The molecule has 0 fully saturated rings. The number of ketones is 1. The second-order valence-electron chi connectivity index (χ2n) is 6.02. The van der Waals surface area contributed by atoms with Crippen LogP contribution in [-0.4, -0.2) is 15.9 Å². The van der Waals surface area contributed by atoms with Gasteiger partial charge in [0, 0.05) is 36.9 Å². The van der Waals surface area contributed by atoms with Gasteiger partial charge >= 0.3 is 0 Å². The summed E-state index contributed by atoms with van der Waals surface area (Å²) in [5, 5.41) is 4.16. The van der Waals surface area contributed by atoms with Crippen molar-refractivity contribution in [2.45, 2.75) is 12.8 Å². The Labute approximate surface area is 165 Å². The number of nitrogens with zero attached hydrogens (tertiary/aromatic N) is 2. The molecule has 27 heavy (non-hydrogen) atoms. The van der Waals surface area contributed by atoms with Gasteiger partial charge in [0.05, 0.1) is 9.21 Å². The molecule has 4 aromatic rings. The van der Waals surface area contributed by atoms with Crippen molar-refractivity contribution < 1.29 is 9.32 Å². The van der Waals surface area contributed by atoms with Crippen LogP contribution in [0.4, 0.5) is 0 Å². The summed E-state index contributed by atoms with van der Waals surface area (Å²) < 4.78 is 6.04. The average molecular weight is 395 g/mol. The number of carbonyl (C=O) groups is 1.